The zero-order valence-corrected chi connectivity index (χ0v) is 19.1. The predicted octanol–water partition coefficient (Wildman–Crippen LogP) is 4.63. The summed E-state index contributed by atoms with van der Waals surface area (Å²) in [4.78, 5) is 4.73. The van der Waals surface area contributed by atoms with E-state index < -0.39 is 9.84 Å². The van der Waals surface area contributed by atoms with E-state index in [-0.39, 0.29) is 15.6 Å². The van der Waals surface area contributed by atoms with Crippen molar-refractivity contribution < 1.29 is 13.2 Å². The summed E-state index contributed by atoms with van der Waals surface area (Å²) in [5.41, 5.74) is 1.56. The van der Waals surface area contributed by atoms with Gasteiger partial charge in [0, 0.05) is 21.6 Å². The van der Waals surface area contributed by atoms with Crippen LogP contribution in [0.2, 0.25) is 0 Å². The van der Waals surface area contributed by atoms with E-state index in [0.29, 0.717) is 17.1 Å². The molecule has 1 N–H and O–H groups in total. The van der Waals surface area contributed by atoms with Gasteiger partial charge >= 0.3 is 0 Å². The molecule has 8 nitrogen and oxygen atoms in total. The Bertz CT molecular complexity index is 1570. The maximum absolute atomic E-state index is 13.3. The molecule has 0 aliphatic rings. The molecule has 32 heavy (non-hydrogen) atoms. The van der Waals surface area contributed by atoms with Gasteiger partial charge in [0.05, 0.1) is 17.5 Å². The Labute approximate surface area is 191 Å². The van der Waals surface area contributed by atoms with E-state index in [0.717, 1.165) is 15.5 Å². The molecule has 5 aromatic rings. The first-order valence-corrected chi connectivity index (χ1v) is 11.8. The highest BCUT2D eigenvalue weighted by molar-refractivity contribution is 9.10. The number of rotatable bonds is 5. The van der Waals surface area contributed by atoms with Crippen molar-refractivity contribution in [3.63, 3.8) is 0 Å². The summed E-state index contributed by atoms with van der Waals surface area (Å²) in [6, 6.07) is 21.2. The molecule has 2 aromatic heterocycles. The van der Waals surface area contributed by atoms with Crippen LogP contribution in [-0.2, 0) is 9.84 Å². The van der Waals surface area contributed by atoms with Crippen LogP contribution in [0.4, 0.5) is 11.5 Å². The second-order valence-electron chi connectivity index (χ2n) is 6.92. The lowest BCUT2D eigenvalue weighted by Crippen LogP contribution is -2.05. The standard InChI is InChI=1S/C22H16BrN5O3S/c1-31-16-6-4-5-15(13-16)24-20-18-7-2-3-8-19(18)28-21(25-20)22(26-27-28)32(29,30)17-11-9-14(23)10-12-17/h2-13H,1H3,(H,24,25). The summed E-state index contributed by atoms with van der Waals surface area (Å²) in [5.74, 6) is 1.17. The molecule has 0 unspecified atom stereocenters. The van der Waals surface area contributed by atoms with Crippen LogP contribution in [0, 0.1) is 0 Å². The van der Waals surface area contributed by atoms with Gasteiger partial charge in [-0.2, -0.15) is 4.52 Å². The van der Waals surface area contributed by atoms with Gasteiger partial charge in [-0.15, -0.1) is 5.10 Å². The normalized spacial score (nSPS) is 11.7. The predicted molar refractivity (Wildman–Crippen MR) is 124 cm³/mol. The highest BCUT2D eigenvalue weighted by Gasteiger charge is 2.27. The molecule has 5 rings (SSSR count). The molecule has 0 saturated heterocycles. The van der Waals surface area contributed by atoms with Gasteiger partial charge in [0.15, 0.2) is 5.65 Å². The summed E-state index contributed by atoms with van der Waals surface area (Å²) in [6.45, 7) is 0. The van der Waals surface area contributed by atoms with Crippen LogP contribution in [0.5, 0.6) is 5.75 Å². The zero-order valence-electron chi connectivity index (χ0n) is 16.7. The van der Waals surface area contributed by atoms with Crippen molar-refractivity contribution in [2.75, 3.05) is 12.4 Å². The van der Waals surface area contributed by atoms with Gasteiger partial charge < -0.3 is 10.1 Å². The Balaban J connectivity index is 1.72. The molecule has 0 bridgehead atoms. The SMILES string of the molecule is COc1cccc(Nc2nc3c(S(=O)(=O)c4ccc(Br)cc4)nnn3c3ccccc23)c1. The quantitative estimate of drug-likeness (QED) is 0.368. The van der Waals surface area contributed by atoms with Crippen molar-refractivity contribution in [3.05, 3.63) is 77.3 Å². The molecule has 0 saturated carbocycles. The molecular weight excluding hydrogens is 494 g/mol. The van der Waals surface area contributed by atoms with Crippen molar-refractivity contribution >= 4 is 53.8 Å². The zero-order chi connectivity index (χ0) is 22.3. The van der Waals surface area contributed by atoms with Gasteiger partial charge in [0.1, 0.15) is 11.6 Å². The lowest BCUT2D eigenvalue weighted by molar-refractivity contribution is 0.415. The average Bonchev–Trinajstić information content (AvgIpc) is 3.25. The number of benzene rings is 3. The number of halogens is 1. The third kappa shape index (κ3) is 3.47. The molecule has 0 fully saturated rings. The minimum Gasteiger partial charge on any atom is -0.497 e. The summed E-state index contributed by atoms with van der Waals surface area (Å²) in [7, 11) is -2.34. The van der Waals surface area contributed by atoms with Crippen LogP contribution >= 0.6 is 15.9 Å². The summed E-state index contributed by atoms with van der Waals surface area (Å²) in [5, 5.41) is 11.9. The van der Waals surface area contributed by atoms with Gasteiger partial charge in [0.2, 0.25) is 14.9 Å². The fraction of sp³-hybridized carbons (Fsp3) is 0.0455. The topological polar surface area (TPSA) is 98.5 Å². The van der Waals surface area contributed by atoms with Crippen LogP contribution in [0.3, 0.4) is 0 Å². The first-order chi connectivity index (χ1) is 15.5. The van der Waals surface area contributed by atoms with Crippen molar-refractivity contribution in [3.8, 4) is 5.75 Å². The number of nitrogens with zero attached hydrogens (tertiary/aromatic N) is 4. The lowest BCUT2D eigenvalue weighted by Gasteiger charge is -2.11. The molecule has 0 radical (unpaired) electrons. The van der Waals surface area contributed by atoms with Crippen LogP contribution in [0.25, 0.3) is 16.6 Å². The molecule has 3 aromatic carbocycles. The lowest BCUT2D eigenvalue weighted by atomic mass is 10.2. The number of aromatic nitrogens is 4. The molecule has 0 amide bonds. The highest BCUT2D eigenvalue weighted by Crippen LogP contribution is 2.30. The molecule has 0 spiro atoms. The average molecular weight is 510 g/mol. The highest BCUT2D eigenvalue weighted by atomic mass is 79.9. The van der Waals surface area contributed by atoms with E-state index in [1.54, 1.807) is 19.2 Å². The Morgan fingerprint density at radius 1 is 1.00 bits per heavy atom. The molecule has 0 atom stereocenters. The Morgan fingerprint density at radius 3 is 2.56 bits per heavy atom. The van der Waals surface area contributed by atoms with Gasteiger partial charge in [-0.3, -0.25) is 0 Å². The van der Waals surface area contributed by atoms with E-state index in [1.165, 1.54) is 16.6 Å². The van der Waals surface area contributed by atoms with E-state index in [4.69, 9.17) is 4.74 Å². The maximum Gasteiger partial charge on any atom is 0.229 e. The van der Waals surface area contributed by atoms with E-state index in [9.17, 15) is 8.42 Å². The minimum atomic E-state index is -3.93. The van der Waals surface area contributed by atoms with Crippen molar-refractivity contribution in [2.24, 2.45) is 0 Å². The maximum atomic E-state index is 13.3. The Kier molecular flexibility index (Phi) is 5.03. The molecule has 2 heterocycles. The number of hydrogen-bond acceptors (Lipinski definition) is 7. The minimum absolute atomic E-state index is 0.111. The molecule has 0 aliphatic heterocycles. The second-order valence-corrected chi connectivity index (χ2v) is 9.70. The number of para-hydroxylation sites is 1. The van der Waals surface area contributed by atoms with Gasteiger partial charge in [0.25, 0.3) is 0 Å². The van der Waals surface area contributed by atoms with Crippen molar-refractivity contribution in [2.45, 2.75) is 9.92 Å². The fourth-order valence-corrected chi connectivity index (χ4v) is 4.88. The van der Waals surface area contributed by atoms with Gasteiger partial charge in [-0.05, 0) is 48.5 Å². The van der Waals surface area contributed by atoms with Crippen LogP contribution < -0.4 is 10.1 Å². The number of anilines is 2. The van der Waals surface area contributed by atoms with Crippen LogP contribution in [0.15, 0.2) is 87.2 Å². The largest absolute Gasteiger partial charge is 0.497 e. The van der Waals surface area contributed by atoms with E-state index in [1.807, 2.05) is 48.5 Å². The Hall–Kier alpha value is -3.50. The van der Waals surface area contributed by atoms with Gasteiger partial charge in [-0.1, -0.05) is 39.3 Å². The molecule has 160 valence electrons. The fourth-order valence-electron chi connectivity index (χ4n) is 3.38. The first-order valence-electron chi connectivity index (χ1n) is 9.53. The number of methoxy groups -OCH3 is 1. The van der Waals surface area contributed by atoms with Crippen molar-refractivity contribution in [1.29, 1.82) is 0 Å². The molecule has 0 aliphatic carbocycles. The monoisotopic (exact) mass is 509 g/mol. The first kappa shape index (κ1) is 20.4. The van der Waals surface area contributed by atoms with E-state index in [2.05, 4.69) is 36.5 Å². The number of fused-ring (bicyclic) bond motifs is 3. The number of sulfone groups is 1. The summed E-state index contributed by atoms with van der Waals surface area (Å²) in [6.07, 6.45) is 0. The number of hydrogen-bond donors (Lipinski definition) is 1. The van der Waals surface area contributed by atoms with Crippen LogP contribution in [0.1, 0.15) is 0 Å². The number of ether oxygens (including phenoxy) is 1. The third-order valence-electron chi connectivity index (χ3n) is 4.93. The smallest absolute Gasteiger partial charge is 0.229 e. The summed E-state index contributed by atoms with van der Waals surface area (Å²) >= 11 is 3.32. The van der Waals surface area contributed by atoms with Crippen molar-refractivity contribution in [1.82, 2.24) is 19.8 Å². The van der Waals surface area contributed by atoms with Gasteiger partial charge in [-0.25, -0.2) is 13.4 Å². The second kappa shape index (κ2) is 7.88. The molecule has 10 heteroatoms. The molecular formula is C22H16BrN5O3S. The third-order valence-corrected chi connectivity index (χ3v) is 7.13. The number of nitrogens with one attached hydrogen (secondary N) is 1. The Morgan fingerprint density at radius 2 is 1.78 bits per heavy atom. The summed E-state index contributed by atoms with van der Waals surface area (Å²) < 4.78 is 34.1. The van der Waals surface area contributed by atoms with E-state index >= 15 is 0 Å². The van der Waals surface area contributed by atoms with Crippen LogP contribution in [-0.4, -0.2) is 35.3 Å².